The van der Waals surface area contributed by atoms with Crippen LogP contribution in [-0.4, -0.2) is 33.6 Å². The second-order valence-electron chi connectivity index (χ2n) is 5.79. The molecule has 0 radical (unpaired) electrons. The fraction of sp³-hybridized carbons (Fsp3) is 0.100. The van der Waals surface area contributed by atoms with Crippen molar-refractivity contribution in [1.82, 2.24) is 0 Å². The fourth-order valence-corrected chi connectivity index (χ4v) is 3.57. The Morgan fingerprint density at radius 2 is 1.89 bits per heavy atom. The van der Waals surface area contributed by atoms with Gasteiger partial charge in [0.15, 0.2) is 5.17 Å². The van der Waals surface area contributed by atoms with Crippen molar-refractivity contribution in [2.75, 3.05) is 4.90 Å². The average Bonchev–Trinajstić information content (AvgIpc) is 2.98. The van der Waals surface area contributed by atoms with Crippen molar-refractivity contribution in [2.24, 2.45) is 10.2 Å². The van der Waals surface area contributed by atoms with Crippen molar-refractivity contribution >= 4 is 46.8 Å². The predicted molar refractivity (Wildman–Crippen MR) is 108 cm³/mol. The highest BCUT2D eigenvalue weighted by atomic mass is 32.2. The van der Waals surface area contributed by atoms with Gasteiger partial charge >= 0.3 is 0 Å². The van der Waals surface area contributed by atoms with E-state index >= 15 is 0 Å². The molecule has 0 bridgehead atoms. The number of aromatic hydroxyl groups is 1. The molecule has 1 N–H and O–H groups in total. The number of nitrogens with zero attached hydrogens (tertiary/aromatic N) is 3. The van der Waals surface area contributed by atoms with Gasteiger partial charge in [0.05, 0.1) is 10.9 Å². The molecule has 0 spiro atoms. The Morgan fingerprint density at radius 3 is 2.57 bits per heavy atom. The monoisotopic (exact) mass is 394 g/mol. The zero-order chi connectivity index (χ0) is 19.9. The van der Waals surface area contributed by atoms with Crippen LogP contribution < -0.4 is 10.0 Å². The number of benzene rings is 2. The second kappa shape index (κ2) is 9.01. The number of amidine groups is 1. The van der Waals surface area contributed by atoms with Gasteiger partial charge in [-0.2, -0.15) is 5.10 Å². The first kappa shape index (κ1) is 19.4. The van der Waals surface area contributed by atoms with Crippen molar-refractivity contribution in [2.45, 2.75) is 11.7 Å². The molecule has 0 aliphatic carbocycles. The Bertz CT molecular complexity index is 940. The van der Waals surface area contributed by atoms with E-state index in [0.29, 0.717) is 5.69 Å². The van der Waals surface area contributed by atoms with Crippen LogP contribution in [0.25, 0.3) is 6.08 Å². The van der Waals surface area contributed by atoms with Gasteiger partial charge in [0.2, 0.25) is 5.91 Å². The van der Waals surface area contributed by atoms with Gasteiger partial charge in [0.25, 0.3) is 0 Å². The zero-order valence-corrected chi connectivity index (χ0v) is 15.5. The summed E-state index contributed by atoms with van der Waals surface area (Å²) in [7, 11) is 0. The number of allylic oxidation sites excluding steroid dienone is 1. The van der Waals surface area contributed by atoms with E-state index in [1.807, 2.05) is 36.4 Å². The van der Waals surface area contributed by atoms with Gasteiger partial charge in [-0.3, -0.25) is 9.69 Å². The Balaban J connectivity index is 1.80. The van der Waals surface area contributed by atoms with Crippen molar-refractivity contribution in [3.8, 4) is 5.75 Å². The first-order chi connectivity index (χ1) is 13.5. The number of carbonyl (C=O) groups excluding carboxylic acids is 2. The third-order valence-electron chi connectivity index (χ3n) is 3.78. The molecule has 7 nitrogen and oxygen atoms in total. The van der Waals surface area contributed by atoms with E-state index in [1.54, 1.807) is 18.2 Å². The molecule has 1 saturated heterocycles. The number of anilines is 1. The standard InChI is InChI=1S/C20H17N3O4S/c24-16-10-8-15(9-11-16)23-19(27)17(13-18(25)26)28-20(23)22-21-12-4-7-14-5-2-1-3-6-14/h1-12,17,24H,13H2,(H,25,26)/p-1/b7-4-,21-12+,22-20+/t17-/m1/s1. The van der Waals surface area contributed by atoms with Crippen LogP contribution in [0.3, 0.4) is 0 Å². The second-order valence-corrected chi connectivity index (χ2v) is 6.96. The summed E-state index contributed by atoms with van der Waals surface area (Å²) in [5.74, 6) is -1.68. The first-order valence-corrected chi connectivity index (χ1v) is 9.25. The number of thioether (sulfide) groups is 1. The van der Waals surface area contributed by atoms with Crippen LogP contribution in [-0.2, 0) is 9.59 Å². The lowest BCUT2D eigenvalue weighted by Crippen LogP contribution is -2.35. The van der Waals surface area contributed by atoms with Gasteiger partial charge in [-0.15, -0.1) is 5.10 Å². The van der Waals surface area contributed by atoms with Crippen LogP contribution in [0.15, 0.2) is 70.9 Å². The number of phenols is 1. The molecule has 1 atom stereocenters. The highest BCUT2D eigenvalue weighted by Crippen LogP contribution is 2.34. The van der Waals surface area contributed by atoms with Crippen LogP contribution in [0.4, 0.5) is 5.69 Å². The molecule has 142 valence electrons. The Morgan fingerprint density at radius 1 is 1.18 bits per heavy atom. The molecule has 1 aliphatic heterocycles. The highest BCUT2D eigenvalue weighted by Gasteiger charge is 2.39. The quantitative estimate of drug-likeness (QED) is 0.596. The summed E-state index contributed by atoms with van der Waals surface area (Å²) >= 11 is 1.01. The third kappa shape index (κ3) is 4.86. The number of amides is 1. The Hall–Kier alpha value is -3.39. The van der Waals surface area contributed by atoms with Gasteiger partial charge in [0.1, 0.15) is 5.75 Å². The summed E-state index contributed by atoms with van der Waals surface area (Å²) in [6.07, 6.45) is 4.62. The van der Waals surface area contributed by atoms with Crippen LogP contribution in [0.5, 0.6) is 5.75 Å². The first-order valence-electron chi connectivity index (χ1n) is 8.37. The normalized spacial score (nSPS) is 18.6. The SMILES string of the molecule is O=C([O-])C[C@H]1S/C(=N/N=C/C=C\c2ccccc2)N(c2ccc(O)cc2)C1=O. The molecule has 28 heavy (non-hydrogen) atoms. The average molecular weight is 394 g/mol. The molecule has 2 aromatic rings. The summed E-state index contributed by atoms with van der Waals surface area (Å²) < 4.78 is 0. The minimum Gasteiger partial charge on any atom is -0.550 e. The number of phenolic OH excluding ortho intramolecular Hbond substituents is 1. The van der Waals surface area contributed by atoms with E-state index in [9.17, 15) is 19.8 Å². The molecular weight excluding hydrogens is 378 g/mol. The molecule has 0 unspecified atom stereocenters. The summed E-state index contributed by atoms with van der Waals surface area (Å²) in [4.78, 5) is 24.8. The summed E-state index contributed by atoms with van der Waals surface area (Å²) in [6.45, 7) is 0. The summed E-state index contributed by atoms with van der Waals surface area (Å²) in [5.41, 5.74) is 1.47. The van der Waals surface area contributed by atoms with E-state index in [1.165, 1.54) is 23.2 Å². The molecule has 1 amide bonds. The smallest absolute Gasteiger partial charge is 0.247 e. The lowest BCUT2D eigenvalue weighted by molar-refractivity contribution is -0.305. The number of hydrogen-bond donors (Lipinski definition) is 1. The van der Waals surface area contributed by atoms with Gasteiger partial charge in [-0.1, -0.05) is 48.2 Å². The molecule has 1 fully saturated rings. The Kier molecular flexibility index (Phi) is 6.23. The van der Waals surface area contributed by atoms with Crippen molar-refractivity contribution in [1.29, 1.82) is 0 Å². The van der Waals surface area contributed by atoms with Crippen molar-refractivity contribution in [3.05, 3.63) is 66.2 Å². The molecule has 0 saturated carbocycles. The Labute approximate surface area is 165 Å². The van der Waals surface area contributed by atoms with Crippen LogP contribution in [0, 0.1) is 0 Å². The van der Waals surface area contributed by atoms with Crippen LogP contribution >= 0.6 is 11.8 Å². The summed E-state index contributed by atoms with van der Waals surface area (Å²) in [6, 6.07) is 15.6. The largest absolute Gasteiger partial charge is 0.550 e. The minimum absolute atomic E-state index is 0.0527. The van der Waals surface area contributed by atoms with Gasteiger partial charge in [-0.05, 0) is 35.9 Å². The maximum atomic E-state index is 12.6. The van der Waals surface area contributed by atoms with Crippen molar-refractivity contribution in [3.63, 3.8) is 0 Å². The number of aliphatic carboxylic acids is 1. The minimum atomic E-state index is -1.31. The van der Waals surface area contributed by atoms with E-state index in [2.05, 4.69) is 10.2 Å². The number of carbonyl (C=O) groups is 2. The lowest BCUT2D eigenvalue weighted by atomic mass is 10.2. The molecule has 3 rings (SSSR count). The van der Waals surface area contributed by atoms with Gasteiger partial charge in [-0.25, -0.2) is 0 Å². The zero-order valence-electron chi connectivity index (χ0n) is 14.6. The number of carboxylic acids is 1. The number of carboxylic acid groups (broad SMARTS) is 1. The maximum absolute atomic E-state index is 12.6. The van der Waals surface area contributed by atoms with E-state index in [-0.39, 0.29) is 10.9 Å². The lowest BCUT2D eigenvalue weighted by Gasteiger charge is -2.15. The number of rotatable bonds is 6. The molecule has 8 heteroatoms. The molecule has 0 aromatic heterocycles. The highest BCUT2D eigenvalue weighted by molar-refractivity contribution is 8.16. The fourth-order valence-electron chi connectivity index (χ4n) is 2.50. The van der Waals surface area contributed by atoms with Crippen LogP contribution in [0.1, 0.15) is 12.0 Å². The van der Waals surface area contributed by atoms with E-state index in [0.717, 1.165) is 17.3 Å². The van der Waals surface area contributed by atoms with Crippen LogP contribution in [0.2, 0.25) is 0 Å². The summed E-state index contributed by atoms with van der Waals surface area (Å²) in [5, 5.41) is 27.8. The van der Waals surface area contributed by atoms with E-state index in [4.69, 9.17) is 0 Å². The molecular formula is C20H16N3O4S-. The van der Waals surface area contributed by atoms with Crippen molar-refractivity contribution < 1.29 is 19.8 Å². The molecule has 1 heterocycles. The topological polar surface area (TPSA) is 105 Å². The van der Waals surface area contributed by atoms with Gasteiger partial charge < -0.3 is 15.0 Å². The predicted octanol–water partition coefficient (Wildman–Crippen LogP) is 2.04. The maximum Gasteiger partial charge on any atom is 0.247 e. The molecule has 2 aromatic carbocycles. The number of hydrogen-bond acceptors (Lipinski definition) is 7. The molecule has 1 aliphatic rings. The third-order valence-corrected chi connectivity index (χ3v) is 4.91. The van der Waals surface area contributed by atoms with E-state index < -0.39 is 23.5 Å². The van der Waals surface area contributed by atoms with Gasteiger partial charge in [0, 0.05) is 18.6 Å².